The van der Waals surface area contributed by atoms with E-state index in [9.17, 15) is 4.79 Å². The van der Waals surface area contributed by atoms with Crippen molar-refractivity contribution in [2.45, 2.75) is 6.42 Å². The number of amides is 2. The van der Waals surface area contributed by atoms with E-state index in [1.54, 1.807) is 0 Å². The minimum absolute atomic E-state index is 0.527. The van der Waals surface area contributed by atoms with E-state index in [1.165, 1.54) is 22.3 Å². The molecule has 0 unspecified atom stereocenters. The number of anilines is 1. The summed E-state index contributed by atoms with van der Waals surface area (Å²) in [5.41, 5.74) is 11.0. The fourth-order valence-corrected chi connectivity index (χ4v) is 2.37. The maximum atomic E-state index is 10.8. The highest BCUT2D eigenvalue weighted by atomic mass is 16.2. The smallest absolute Gasteiger partial charge is 0.316 e. The van der Waals surface area contributed by atoms with Crippen LogP contribution in [0, 0.1) is 0 Å². The molecule has 2 aromatic carbocycles. The van der Waals surface area contributed by atoms with Crippen molar-refractivity contribution in [3.63, 3.8) is 0 Å². The summed E-state index contributed by atoms with van der Waals surface area (Å²) in [5.74, 6) is 0. The molecule has 0 saturated carbocycles. The minimum Gasteiger partial charge on any atom is -0.351 e. The Bertz CT molecular complexity index is 605. The molecular weight excluding hydrogens is 212 g/mol. The van der Waals surface area contributed by atoms with Crippen LogP contribution in [-0.4, -0.2) is 6.03 Å². The molecule has 3 heteroatoms. The lowest BCUT2D eigenvalue weighted by Gasteiger charge is -2.05. The maximum Gasteiger partial charge on any atom is 0.316 e. The number of fused-ring (bicyclic) bond motifs is 3. The average molecular weight is 224 g/mol. The normalized spacial score (nSPS) is 11.8. The van der Waals surface area contributed by atoms with Crippen LogP contribution < -0.4 is 11.1 Å². The van der Waals surface area contributed by atoms with Gasteiger partial charge in [0, 0.05) is 5.69 Å². The van der Waals surface area contributed by atoms with Crippen molar-refractivity contribution in [3.8, 4) is 11.1 Å². The van der Waals surface area contributed by atoms with Crippen molar-refractivity contribution in [1.82, 2.24) is 0 Å². The van der Waals surface area contributed by atoms with Crippen LogP contribution >= 0.6 is 0 Å². The second kappa shape index (κ2) is 3.63. The molecule has 0 bridgehead atoms. The van der Waals surface area contributed by atoms with E-state index in [2.05, 4.69) is 17.4 Å². The Hall–Kier alpha value is -2.29. The Balaban J connectivity index is 2.04. The van der Waals surface area contributed by atoms with Crippen molar-refractivity contribution in [3.05, 3.63) is 53.6 Å². The third-order valence-electron chi connectivity index (χ3n) is 3.06. The van der Waals surface area contributed by atoms with E-state index in [0.717, 1.165) is 12.1 Å². The summed E-state index contributed by atoms with van der Waals surface area (Å²) in [6, 6.07) is 13.7. The summed E-state index contributed by atoms with van der Waals surface area (Å²) >= 11 is 0. The van der Waals surface area contributed by atoms with Gasteiger partial charge in [0.05, 0.1) is 0 Å². The van der Waals surface area contributed by atoms with Gasteiger partial charge in [0.1, 0.15) is 0 Å². The number of carbonyl (C=O) groups excluding carboxylic acids is 1. The number of hydrogen-bond donors (Lipinski definition) is 2. The number of rotatable bonds is 1. The predicted octanol–water partition coefficient (Wildman–Crippen LogP) is 2.75. The van der Waals surface area contributed by atoms with Crippen LogP contribution in [0.3, 0.4) is 0 Å². The van der Waals surface area contributed by atoms with Crippen molar-refractivity contribution in [1.29, 1.82) is 0 Å². The highest BCUT2D eigenvalue weighted by Crippen LogP contribution is 2.37. The van der Waals surface area contributed by atoms with Crippen LogP contribution in [0.2, 0.25) is 0 Å². The number of benzene rings is 2. The van der Waals surface area contributed by atoms with E-state index >= 15 is 0 Å². The van der Waals surface area contributed by atoms with Crippen molar-refractivity contribution in [2.24, 2.45) is 5.73 Å². The molecule has 0 aliphatic heterocycles. The Labute approximate surface area is 99.3 Å². The molecule has 0 radical (unpaired) electrons. The number of nitrogens with one attached hydrogen (secondary N) is 1. The predicted molar refractivity (Wildman–Crippen MR) is 67.9 cm³/mol. The molecule has 2 aromatic rings. The minimum atomic E-state index is -0.527. The zero-order valence-corrected chi connectivity index (χ0v) is 9.23. The van der Waals surface area contributed by atoms with Gasteiger partial charge < -0.3 is 11.1 Å². The first-order valence-electron chi connectivity index (χ1n) is 5.52. The number of nitrogens with two attached hydrogens (primary N) is 1. The molecule has 0 spiro atoms. The molecule has 3 nitrogen and oxygen atoms in total. The van der Waals surface area contributed by atoms with Crippen LogP contribution in [0.1, 0.15) is 11.1 Å². The molecule has 17 heavy (non-hydrogen) atoms. The Morgan fingerprint density at radius 1 is 1.06 bits per heavy atom. The molecule has 0 saturated heterocycles. The number of hydrogen-bond acceptors (Lipinski definition) is 1. The number of carbonyl (C=O) groups is 1. The van der Waals surface area contributed by atoms with Gasteiger partial charge in [-0.3, -0.25) is 0 Å². The molecule has 84 valence electrons. The second-order valence-electron chi connectivity index (χ2n) is 4.20. The largest absolute Gasteiger partial charge is 0.351 e. The molecule has 1 aliphatic carbocycles. The Morgan fingerprint density at radius 3 is 2.65 bits per heavy atom. The van der Waals surface area contributed by atoms with Gasteiger partial charge in [0.2, 0.25) is 0 Å². The molecule has 3 N–H and O–H groups in total. The molecule has 0 fully saturated rings. The summed E-state index contributed by atoms with van der Waals surface area (Å²) in [7, 11) is 0. The van der Waals surface area contributed by atoms with Gasteiger partial charge in [-0.2, -0.15) is 0 Å². The van der Waals surface area contributed by atoms with Gasteiger partial charge in [-0.05, 0) is 40.8 Å². The molecular formula is C14H12N2O. The van der Waals surface area contributed by atoms with E-state index in [1.807, 2.05) is 30.3 Å². The van der Waals surface area contributed by atoms with Gasteiger partial charge in [0.25, 0.3) is 0 Å². The highest BCUT2D eigenvalue weighted by Gasteiger charge is 2.17. The summed E-state index contributed by atoms with van der Waals surface area (Å²) in [6.45, 7) is 0. The molecule has 1 aliphatic rings. The molecule has 0 atom stereocenters. The lowest BCUT2D eigenvalue weighted by atomic mass is 10.1. The highest BCUT2D eigenvalue weighted by molar-refractivity contribution is 5.89. The van der Waals surface area contributed by atoms with Crippen LogP contribution in [0.25, 0.3) is 11.1 Å². The van der Waals surface area contributed by atoms with Gasteiger partial charge in [0.15, 0.2) is 0 Å². The number of primary amides is 1. The fourth-order valence-electron chi connectivity index (χ4n) is 2.37. The van der Waals surface area contributed by atoms with Crippen LogP contribution in [0.4, 0.5) is 10.5 Å². The first kappa shape index (κ1) is 9.90. The summed E-state index contributed by atoms with van der Waals surface area (Å²) in [4.78, 5) is 10.8. The van der Waals surface area contributed by atoms with Gasteiger partial charge in [-0.25, -0.2) is 4.79 Å². The Morgan fingerprint density at radius 2 is 1.82 bits per heavy atom. The fraction of sp³-hybridized carbons (Fsp3) is 0.0714. The molecule has 0 aromatic heterocycles. The van der Waals surface area contributed by atoms with Crippen LogP contribution in [0.5, 0.6) is 0 Å². The first-order chi connectivity index (χ1) is 8.24. The van der Waals surface area contributed by atoms with E-state index < -0.39 is 6.03 Å². The Kier molecular flexibility index (Phi) is 2.11. The summed E-state index contributed by atoms with van der Waals surface area (Å²) in [6.07, 6.45) is 0.916. The van der Waals surface area contributed by atoms with Crippen molar-refractivity contribution >= 4 is 11.7 Å². The quantitative estimate of drug-likeness (QED) is 0.656. The monoisotopic (exact) mass is 224 g/mol. The zero-order chi connectivity index (χ0) is 11.8. The lowest BCUT2D eigenvalue weighted by molar-refractivity contribution is 0.259. The first-order valence-corrected chi connectivity index (χ1v) is 5.52. The van der Waals surface area contributed by atoms with Gasteiger partial charge in [-0.15, -0.1) is 0 Å². The third-order valence-corrected chi connectivity index (χ3v) is 3.06. The zero-order valence-electron chi connectivity index (χ0n) is 9.23. The molecule has 2 amide bonds. The lowest BCUT2D eigenvalue weighted by Crippen LogP contribution is -2.19. The molecule has 0 heterocycles. The number of urea groups is 1. The van der Waals surface area contributed by atoms with Gasteiger partial charge in [-0.1, -0.05) is 30.3 Å². The average Bonchev–Trinajstić information content (AvgIpc) is 2.65. The SMILES string of the molecule is NC(=O)Nc1ccc2c(c1)Cc1ccccc1-2. The summed E-state index contributed by atoms with van der Waals surface area (Å²) < 4.78 is 0. The second-order valence-corrected chi connectivity index (χ2v) is 4.20. The van der Waals surface area contributed by atoms with E-state index in [4.69, 9.17) is 5.73 Å². The topological polar surface area (TPSA) is 55.1 Å². The van der Waals surface area contributed by atoms with E-state index in [-0.39, 0.29) is 0 Å². The third kappa shape index (κ3) is 1.65. The van der Waals surface area contributed by atoms with E-state index in [0.29, 0.717) is 0 Å². The van der Waals surface area contributed by atoms with Crippen LogP contribution in [-0.2, 0) is 6.42 Å². The standard InChI is InChI=1S/C14H12N2O/c15-14(17)16-11-5-6-13-10(8-11)7-9-3-1-2-4-12(9)13/h1-6,8H,7H2,(H3,15,16,17). The summed E-state index contributed by atoms with van der Waals surface area (Å²) in [5, 5.41) is 2.60. The van der Waals surface area contributed by atoms with Crippen molar-refractivity contribution in [2.75, 3.05) is 5.32 Å². The van der Waals surface area contributed by atoms with Gasteiger partial charge >= 0.3 is 6.03 Å². The molecule has 3 rings (SSSR count). The maximum absolute atomic E-state index is 10.8. The van der Waals surface area contributed by atoms with Crippen molar-refractivity contribution < 1.29 is 4.79 Å². The van der Waals surface area contributed by atoms with Crippen LogP contribution in [0.15, 0.2) is 42.5 Å².